The van der Waals surface area contributed by atoms with Gasteiger partial charge in [0.15, 0.2) is 0 Å². The highest BCUT2D eigenvalue weighted by molar-refractivity contribution is 5.96. The lowest BCUT2D eigenvalue weighted by atomic mass is 9.95. The first kappa shape index (κ1) is 23.9. The van der Waals surface area contributed by atoms with E-state index in [-0.39, 0.29) is 30.2 Å². The molecule has 1 amide bonds. The molecule has 0 aliphatic carbocycles. The van der Waals surface area contributed by atoms with Crippen molar-refractivity contribution in [2.24, 2.45) is 0 Å². The van der Waals surface area contributed by atoms with Crippen LogP contribution in [0.25, 0.3) is 11.1 Å². The Hall–Kier alpha value is -4.23. The molecule has 7 nitrogen and oxygen atoms in total. The van der Waals surface area contributed by atoms with Crippen LogP contribution in [-0.4, -0.2) is 15.9 Å². The van der Waals surface area contributed by atoms with E-state index < -0.39 is 0 Å². The Balaban J connectivity index is 1.49. The number of anilines is 3. The Morgan fingerprint density at radius 3 is 2.20 bits per heavy atom. The summed E-state index contributed by atoms with van der Waals surface area (Å²) in [4.78, 5) is 21.4. The number of aromatic nitrogens is 2. The third kappa shape index (κ3) is 6.02. The summed E-state index contributed by atoms with van der Waals surface area (Å²) >= 11 is 0. The van der Waals surface area contributed by atoms with Crippen molar-refractivity contribution in [1.82, 2.24) is 9.97 Å². The predicted octanol–water partition coefficient (Wildman–Crippen LogP) is 5.16. The topological polar surface area (TPSA) is 116 Å². The Morgan fingerprint density at radius 1 is 0.886 bits per heavy atom. The first-order valence-corrected chi connectivity index (χ1v) is 11.5. The Kier molecular flexibility index (Phi) is 7.70. The minimum atomic E-state index is -0.217. The fourth-order valence-corrected chi connectivity index (χ4v) is 4.01. The summed E-state index contributed by atoms with van der Waals surface area (Å²) in [5.41, 5.74) is 16.9. The number of nitrogens with zero attached hydrogens (tertiary/aromatic N) is 2. The summed E-state index contributed by atoms with van der Waals surface area (Å²) in [7, 11) is 0. The standard InChI is InChI=1S/C28H29N5O2/c1-2-23(20-11-7-4-8-12-20)27(34)31-22-15-13-21(14-16-22)25-24(32-28(30)33-26(25)29)18-35-17-19-9-5-3-6-10-19/h3-16,23H,2,17-18H2,1H3,(H,31,34)(H4,29,30,32,33)/t23-/m0/s1. The van der Waals surface area contributed by atoms with E-state index in [0.29, 0.717) is 30.0 Å². The first-order chi connectivity index (χ1) is 17.0. The van der Waals surface area contributed by atoms with E-state index in [4.69, 9.17) is 16.2 Å². The lowest BCUT2D eigenvalue weighted by molar-refractivity contribution is -0.117. The number of ether oxygens (including phenoxy) is 1. The van der Waals surface area contributed by atoms with Gasteiger partial charge in [0.1, 0.15) is 5.82 Å². The molecule has 0 aliphatic rings. The van der Waals surface area contributed by atoms with Gasteiger partial charge in [-0.25, -0.2) is 4.98 Å². The summed E-state index contributed by atoms with van der Waals surface area (Å²) in [5, 5.41) is 3.01. The number of carbonyl (C=O) groups excluding carboxylic acids is 1. The number of rotatable bonds is 9. The highest BCUT2D eigenvalue weighted by Gasteiger charge is 2.19. The molecule has 4 aromatic rings. The first-order valence-electron chi connectivity index (χ1n) is 11.5. The van der Waals surface area contributed by atoms with Crippen molar-refractivity contribution in [3.63, 3.8) is 0 Å². The fourth-order valence-electron chi connectivity index (χ4n) is 4.01. The lowest BCUT2D eigenvalue weighted by Crippen LogP contribution is -2.20. The number of nitrogens with two attached hydrogens (primary N) is 2. The van der Waals surface area contributed by atoms with E-state index in [1.807, 2.05) is 91.9 Å². The molecule has 4 rings (SSSR count). The van der Waals surface area contributed by atoms with Crippen LogP contribution in [0.3, 0.4) is 0 Å². The molecule has 0 aliphatic heterocycles. The smallest absolute Gasteiger partial charge is 0.231 e. The molecular weight excluding hydrogens is 438 g/mol. The molecule has 5 N–H and O–H groups in total. The SMILES string of the molecule is CC[C@H](C(=O)Nc1ccc(-c2c(N)nc(N)nc2COCc2ccccc2)cc1)c1ccccc1. The molecule has 1 heterocycles. The normalized spacial score (nSPS) is 11.7. The summed E-state index contributed by atoms with van der Waals surface area (Å²) in [5.74, 6) is 0.116. The zero-order chi connectivity index (χ0) is 24.6. The van der Waals surface area contributed by atoms with Gasteiger partial charge in [-0.2, -0.15) is 4.98 Å². The Morgan fingerprint density at radius 2 is 1.54 bits per heavy atom. The molecular formula is C28H29N5O2. The maximum absolute atomic E-state index is 12.9. The third-order valence-electron chi connectivity index (χ3n) is 5.75. The second kappa shape index (κ2) is 11.3. The zero-order valence-corrected chi connectivity index (χ0v) is 19.6. The molecule has 35 heavy (non-hydrogen) atoms. The van der Waals surface area contributed by atoms with E-state index in [2.05, 4.69) is 15.3 Å². The molecule has 1 aromatic heterocycles. The third-order valence-corrected chi connectivity index (χ3v) is 5.75. The van der Waals surface area contributed by atoms with Crippen LogP contribution in [0.1, 0.15) is 36.1 Å². The van der Waals surface area contributed by atoms with E-state index in [9.17, 15) is 4.79 Å². The minimum absolute atomic E-state index is 0.0446. The molecule has 0 saturated heterocycles. The molecule has 0 fully saturated rings. The number of benzene rings is 3. The second-order valence-corrected chi connectivity index (χ2v) is 8.21. The van der Waals surface area contributed by atoms with Crippen molar-refractivity contribution < 1.29 is 9.53 Å². The number of hydrogen-bond donors (Lipinski definition) is 3. The van der Waals surface area contributed by atoms with Gasteiger partial charge >= 0.3 is 0 Å². The summed E-state index contributed by atoms with van der Waals surface area (Å²) in [6.07, 6.45) is 0.708. The predicted molar refractivity (Wildman–Crippen MR) is 139 cm³/mol. The van der Waals surface area contributed by atoms with Crippen LogP contribution in [0.2, 0.25) is 0 Å². The van der Waals surface area contributed by atoms with E-state index in [1.54, 1.807) is 0 Å². The number of nitrogens with one attached hydrogen (secondary N) is 1. The molecule has 0 bridgehead atoms. The summed E-state index contributed by atoms with van der Waals surface area (Å²) < 4.78 is 5.88. The molecule has 0 unspecified atom stereocenters. The Labute approximate surface area is 205 Å². The van der Waals surface area contributed by atoms with E-state index >= 15 is 0 Å². The van der Waals surface area contributed by atoms with Gasteiger partial charge in [0.05, 0.1) is 24.8 Å². The van der Waals surface area contributed by atoms with Crippen molar-refractivity contribution in [2.75, 3.05) is 16.8 Å². The average molecular weight is 468 g/mol. The van der Waals surface area contributed by atoms with Crippen molar-refractivity contribution in [2.45, 2.75) is 32.5 Å². The number of nitrogen functional groups attached to an aromatic ring is 2. The van der Waals surface area contributed by atoms with Gasteiger partial charge in [-0.1, -0.05) is 79.7 Å². The van der Waals surface area contributed by atoms with Gasteiger partial charge in [0.2, 0.25) is 11.9 Å². The number of carbonyl (C=O) groups is 1. The van der Waals surface area contributed by atoms with Crippen LogP contribution < -0.4 is 16.8 Å². The number of amides is 1. The van der Waals surface area contributed by atoms with E-state index in [0.717, 1.165) is 16.7 Å². The Bertz CT molecular complexity index is 1260. The van der Waals surface area contributed by atoms with Gasteiger partial charge in [0, 0.05) is 11.3 Å². The van der Waals surface area contributed by atoms with Crippen LogP contribution in [0.15, 0.2) is 84.9 Å². The zero-order valence-electron chi connectivity index (χ0n) is 19.6. The molecule has 0 radical (unpaired) electrons. The largest absolute Gasteiger partial charge is 0.383 e. The maximum Gasteiger partial charge on any atom is 0.231 e. The van der Waals surface area contributed by atoms with Crippen molar-refractivity contribution in [3.05, 3.63) is 102 Å². The van der Waals surface area contributed by atoms with Gasteiger partial charge in [-0.15, -0.1) is 0 Å². The molecule has 178 valence electrons. The molecule has 0 spiro atoms. The fraction of sp³-hybridized carbons (Fsp3) is 0.179. The lowest BCUT2D eigenvalue weighted by Gasteiger charge is -2.16. The molecule has 7 heteroatoms. The highest BCUT2D eigenvalue weighted by Crippen LogP contribution is 2.30. The van der Waals surface area contributed by atoms with Crippen molar-refractivity contribution >= 4 is 23.4 Å². The summed E-state index contributed by atoms with van der Waals surface area (Å²) in [6.45, 7) is 2.68. The molecule has 0 saturated carbocycles. The van der Waals surface area contributed by atoms with Crippen LogP contribution in [-0.2, 0) is 22.7 Å². The van der Waals surface area contributed by atoms with Gasteiger partial charge in [-0.3, -0.25) is 4.79 Å². The van der Waals surface area contributed by atoms with E-state index in [1.165, 1.54) is 0 Å². The molecule has 3 aromatic carbocycles. The second-order valence-electron chi connectivity index (χ2n) is 8.21. The molecule has 1 atom stereocenters. The van der Waals surface area contributed by atoms with Crippen molar-refractivity contribution in [3.8, 4) is 11.1 Å². The minimum Gasteiger partial charge on any atom is -0.383 e. The van der Waals surface area contributed by atoms with Gasteiger partial charge in [0.25, 0.3) is 0 Å². The van der Waals surface area contributed by atoms with Crippen LogP contribution >= 0.6 is 0 Å². The maximum atomic E-state index is 12.9. The quantitative estimate of drug-likeness (QED) is 0.313. The van der Waals surface area contributed by atoms with Crippen molar-refractivity contribution in [1.29, 1.82) is 0 Å². The van der Waals surface area contributed by atoms with Crippen LogP contribution in [0, 0.1) is 0 Å². The van der Waals surface area contributed by atoms with Gasteiger partial charge < -0.3 is 21.5 Å². The number of hydrogen-bond acceptors (Lipinski definition) is 6. The monoisotopic (exact) mass is 467 g/mol. The highest BCUT2D eigenvalue weighted by atomic mass is 16.5. The van der Waals surface area contributed by atoms with Crippen LogP contribution in [0.4, 0.5) is 17.5 Å². The summed E-state index contributed by atoms with van der Waals surface area (Å²) in [6, 6.07) is 27.1. The van der Waals surface area contributed by atoms with Gasteiger partial charge in [-0.05, 0) is 35.2 Å². The van der Waals surface area contributed by atoms with Crippen LogP contribution in [0.5, 0.6) is 0 Å². The average Bonchev–Trinajstić information content (AvgIpc) is 2.86.